The second-order valence-corrected chi connectivity index (χ2v) is 8.33. The fraction of sp³-hybridized carbons (Fsp3) is 0.304. The molecule has 9 heteroatoms. The van der Waals surface area contributed by atoms with Crippen molar-refractivity contribution < 1.29 is 23.1 Å². The number of amides is 1. The molecule has 0 saturated carbocycles. The number of hydrogen-bond donors (Lipinski definition) is 0. The van der Waals surface area contributed by atoms with E-state index in [0.717, 1.165) is 29.7 Å². The normalized spacial score (nSPS) is 16.1. The first-order valence-electron chi connectivity index (χ1n) is 10.2. The summed E-state index contributed by atoms with van der Waals surface area (Å²) in [7, 11) is 1.33. The Balaban J connectivity index is 1.64. The summed E-state index contributed by atoms with van der Waals surface area (Å²) in [5.41, 5.74) is 2.35. The van der Waals surface area contributed by atoms with Crippen molar-refractivity contribution in [3.8, 4) is 11.1 Å². The summed E-state index contributed by atoms with van der Waals surface area (Å²) in [6.07, 6.45) is 4.84. The minimum atomic E-state index is -0.365. The molecule has 0 unspecified atom stereocenters. The van der Waals surface area contributed by atoms with E-state index in [0.29, 0.717) is 24.0 Å². The molecule has 2 aromatic heterocycles. The number of likely N-dealkylation sites (tertiary alicyclic amines) is 1. The van der Waals surface area contributed by atoms with E-state index < -0.39 is 0 Å². The van der Waals surface area contributed by atoms with Crippen molar-refractivity contribution in [3.05, 3.63) is 66.1 Å². The summed E-state index contributed by atoms with van der Waals surface area (Å²) in [5.74, 6) is -0.480. The van der Waals surface area contributed by atoms with Gasteiger partial charge in [0.25, 0.3) is 5.91 Å². The van der Waals surface area contributed by atoms with Crippen molar-refractivity contribution >= 4 is 23.6 Å². The van der Waals surface area contributed by atoms with Crippen molar-refractivity contribution in [2.75, 3.05) is 26.0 Å². The molecule has 3 heterocycles. The van der Waals surface area contributed by atoms with Crippen LogP contribution in [-0.4, -0.2) is 52.7 Å². The third-order valence-corrected chi connectivity index (χ3v) is 6.16. The van der Waals surface area contributed by atoms with E-state index in [9.17, 15) is 14.0 Å². The number of hydrogen-bond acceptors (Lipinski definition) is 7. The molecule has 0 aliphatic carbocycles. The van der Waals surface area contributed by atoms with Crippen LogP contribution in [0.25, 0.3) is 11.1 Å². The highest BCUT2D eigenvalue weighted by molar-refractivity contribution is 7.99. The maximum Gasteiger partial charge on any atom is 0.316 e. The van der Waals surface area contributed by atoms with Crippen LogP contribution in [0.2, 0.25) is 0 Å². The van der Waals surface area contributed by atoms with E-state index in [2.05, 4.69) is 4.98 Å². The van der Waals surface area contributed by atoms with Gasteiger partial charge in [0.2, 0.25) is 0 Å². The zero-order valence-corrected chi connectivity index (χ0v) is 18.3. The van der Waals surface area contributed by atoms with Crippen molar-refractivity contribution in [1.29, 1.82) is 0 Å². The number of nitrogens with zero attached hydrogens (tertiary/aromatic N) is 3. The summed E-state index contributed by atoms with van der Waals surface area (Å²) in [6.45, 7) is 1.11. The molecule has 0 spiro atoms. The van der Waals surface area contributed by atoms with Gasteiger partial charge in [-0.15, -0.1) is 0 Å². The average molecular weight is 456 g/mol. The number of furan rings is 1. The first kappa shape index (κ1) is 22.0. The van der Waals surface area contributed by atoms with E-state index in [4.69, 9.17) is 14.1 Å². The summed E-state index contributed by atoms with van der Waals surface area (Å²) in [6, 6.07) is 9.51. The number of methoxy groups -OCH3 is 1. The van der Waals surface area contributed by atoms with Gasteiger partial charge in [0.1, 0.15) is 5.82 Å². The molecule has 7 nitrogen and oxygen atoms in total. The molecule has 1 aliphatic heterocycles. The van der Waals surface area contributed by atoms with Gasteiger partial charge in [-0.1, -0.05) is 23.9 Å². The lowest BCUT2D eigenvalue weighted by Gasteiger charge is -2.32. The SMILES string of the molecule is COC(=O)CSc1ncc(-c2ccc(F)cc2)c([C@@H]2CCCN(C(=O)c3ccco3)C2)n1. The molecule has 1 fully saturated rings. The standard InChI is InChI=1S/C23H22FN3O4S/c1-30-20(28)14-32-23-25-12-18(15-6-8-17(24)9-7-15)21(26-23)16-4-2-10-27(13-16)22(29)19-5-3-11-31-19/h3,5-9,11-12,16H,2,4,10,13-14H2,1H3/t16-/m1/s1. The maximum absolute atomic E-state index is 13.5. The van der Waals surface area contributed by atoms with Gasteiger partial charge < -0.3 is 14.1 Å². The van der Waals surface area contributed by atoms with Gasteiger partial charge >= 0.3 is 5.97 Å². The lowest BCUT2D eigenvalue weighted by Crippen LogP contribution is -2.39. The van der Waals surface area contributed by atoms with Gasteiger partial charge in [0.05, 0.1) is 24.8 Å². The number of halogens is 1. The lowest BCUT2D eigenvalue weighted by molar-refractivity contribution is -0.137. The Kier molecular flexibility index (Phi) is 6.84. The second-order valence-electron chi connectivity index (χ2n) is 7.39. The van der Waals surface area contributed by atoms with Crippen molar-refractivity contribution in [1.82, 2.24) is 14.9 Å². The van der Waals surface area contributed by atoms with Crippen LogP contribution in [0.5, 0.6) is 0 Å². The lowest BCUT2D eigenvalue weighted by atomic mass is 9.90. The Morgan fingerprint density at radius 1 is 1.28 bits per heavy atom. The smallest absolute Gasteiger partial charge is 0.316 e. The number of benzene rings is 1. The molecule has 166 valence electrons. The van der Waals surface area contributed by atoms with E-state index in [1.54, 1.807) is 35.4 Å². The molecular weight excluding hydrogens is 433 g/mol. The largest absolute Gasteiger partial charge is 0.468 e. The minimum absolute atomic E-state index is 0.0387. The van der Waals surface area contributed by atoms with E-state index in [-0.39, 0.29) is 29.4 Å². The van der Waals surface area contributed by atoms with Crippen LogP contribution in [-0.2, 0) is 9.53 Å². The molecule has 32 heavy (non-hydrogen) atoms. The van der Waals surface area contributed by atoms with Gasteiger partial charge in [-0.05, 0) is 42.7 Å². The Labute approximate surface area is 189 Å². The first-order valence-corrected chi connectivity index (χ1v) is 11.2. The van der Waals surface area contributed by atoms with Crippen molar-refractivity contribution in [3.63, 3.8) is 0 Å². The van der Waals surface area contributed by atoms with Gasteiger partial charge in [-0.2, -0.15) is 0 Å². The average Bonchev–Trinajstić information content (AvgIpc) is 3.37. The Hall–Kier alpha value is -3.20. The number of carbonyl (C=O) groups is 2. The monoisotopic (exact) mass is 455 g/mol. The zero-order chi connectivity index (χ0) is 22.5. The van der Waals surface area contributed by atoms with E-state index in [1.807, 2.05) is 0 Å². The van der Waals surface area contributed by atoms with E-state index >= 15 is 0 Å². The van der Waals surface area contributed by atoms with Gasteiger partial charge in [-0.25, -0.2) is 14.4 Å². The molecule has 0 radical (unpaired) electrons. The number of ether oxygens (including phenoxy) is 1. The molecule has 1 amide bonds. The molecule has 4 rings (SSSR count). The Morgan fingerprint density at radius 3 is 2.81 bits per heavy atom. The Bertz CT molecular complexity index is 1090. The molecular formula is C23H22FN3O4S. The molecule has 0 bridgehead atoms. The predicted molar refractivity (Wildman–Crippen MR) is 117 cm³/mol. The summed E-state index contributed by atoms with van der Waals surface area (Å²) < 4.78 is 23.4. The topological polar surface area (TPSA) is 85.5 Å². The first-order chi connectivity index (χ1) is 15.5. The summed E-state index contributed by atoms with van der Waals surface area (Å²) in [4.78, 5) is 35.2. The van der Waals surface area contributed by atoms with Gasteiger partial charge in [0, 0.05) is 30.8 Å². The van der Waals surface area contributed by atoms with E-state index in [1.165, 1.54) is 37.3 Å². The molecule has 1 aromatic carbocycles. The third kappa shape index (κ3) is 4.99. The summed E-state index contributed by atoms with van der Waals surface area (Å²) >= 11 is 1.19. The van der Waals surface area contributed by atoms with Gasteiger partial charge in [0.15, 0.2) is 10.9 Å². The highest BCUT2D eigenvalue weighted by atomic mass is 32.2. The predicted octanol–water partition coefficient (Wildman–Crippen LogP) is 4.16. The quantitative estimate of drug-likeness (QED) is 0.313. The maximum atomic E-state index is 13.5. The Morgan fingerprint density at radius 2 is 2.09 bits per heavy atom. The zero-order valence-electron chi connectivity index (χ0n) is 17.5. The van der Waals surface area contributed by atoms with Gasteiger partial charge in [-0.3, -0.25) is 9.59 Å². The van der Waals surface area contributed by atoms with Crippen molar-refractivity contribution in [2.24, 2.45) is 0 Å². The highest BCUT2D eigenvalue weighted by Gasteiger charge is 2.29. The molecule has 1 atom stereocenters. The molecule has 1 saturated heterocycles. The van der Waals surface area contributed by atoms with Crippen LogP contribution in [0.15, 0.2) is 58.4 Å². The molecule has 0 N–H and O–H groups in total. The van der Waals surface area contributed by atoms with Crippen LogP contribution in [0.3, 0.4) is 0 Å². The number of thioether (sulfide) groups is 1. The van der Waals surface area contributed by atoms with Crippen molar-refractivity contribution in [2.45, 2.75) is 23.9 Å². The third-order valence-electron chi connectivity index (χ3n) is 5.33. The van der Waals surface area contributed by atoms with Crippen LogP contribution in [0, 0.1) is 5.82 Å². The number of carbonyl (C=O) groups excluding carboxylic acids is 2. The van der Waals surface area contributed by atoms with Crippen LogP contribution < -0.4 is 0 Å². The van der Waals surface area contributed by atoms with Crippen LogP contribution >= 0.6 is 11.8 Å². The fourth-order valence-corrected chi connectivity index (χ4v) is 4.39. The fourth-order valence-electron chi connectivity index (χ4n) is 3.73. The number of aromatic nitrogens is 2. The van der Waals surface area contributed by atoms with Crippen LogP contribution in [0.1, 0.15) is 35.0 Å². The minimum Gasteiger partial charge on any atom is -0.468 e. The highest BCUT2D eigenvalue weighted by Crippen LogP contribution is 2.34. The second kappa shape index (κ2) is 9.95. The van der Waals surface area contributed by atoms with Crippen LogP contribution in [0.4, 0.5) is 4.39 Å². The summed E-state index contributed by atoms with van der Waals surface area (Å²) in [5, 5.41) is 0.450. The number of esters is 1. The number of piperidine rings is 1. The number of rotatable bonds is 6. The molecule has 1 aliphatic rings. The molecule has 3 aromatic rings.